The van der Waals surface area contributed by atoms with Crippen molar-refractivity contribution in [1.82, 2.24) is 4.90 Å². The van der Waals surface area contributed by atoms with Crippen molar-refractivity contribution in [1.29, 1.82) is 5.41 Å². The molecule has 2 saturated carbocycles. The van der Waals surface area contributed by atoms with Crippen LogP contribution in [0.1, 0.15) is 42.4 Å². The zero-order valence-electron chi connectivity index (χ0n) is 12.4. The van der Waals surface area contributed by atoms with Crippen LogP contribution in [-0.2, 0) is 6.54 Å². The fourth-order valence-electron chi connectivity index (χ4n) is 2.82. The van der Waals surface area contributed by atoms with Gasteiger partial charge in [0, 0.05) is 25.2 Å². The number of hydrogen-bond donors (Lipinski definition) is 2. The van der Waals surface area contributed by atoms with Crippen LogP contribution in [0, 0.1) is 24.2 Å². The first-order valence-corrected chi connectivity index (χ1v) is 7.78. The van der Waals surface area contributed by atoms with Crippen LogP contribution in [0.3, 0.4) is 0 Å². The number of hydrogen-bond acceptors (Lipinski definition) is 2. The Balaban J connectivity index is 1.67. The maximum Gasteiger partial charge on any atom is 0.122 e. The van der Waals surface area contributed by atoms with Gasteiger partial charge in [0.05, 0.1) is 0 Å². The highest BCUT2D eigenvalue weighted by atomic mass is 15.1. The molecule has 0 spiro atoms. The van der Waals surface area contributed by atoms with Gasteiger partial charge in [-0.3, -0.25) is 10.3 Å². The molecule has 0 radical (unpaired) electrons. The molecule has 0 aliphatic heterocycles. The summed E-state index contributed by atoms with van der Waals surface area (Å²) in [6, 6.07) is 6.18. The number of nitrogens with zero attached hydrogens (tertiary/aromatic N) is 1. The lowest BCUT2D eigenvalue weighted by Gasteiger charge is -2.23. The quantitative estimate of drug-likeness (QED) is 0.592. The zero-order chi connectivity index (χ0) is 14.1. The third-order valence-electron chi connectivity index (χ3n) is 4.47. The lowest BCUT2D eigenvalue weighted by atomic mass is 10.0. The molecule has 2 fully saturated rings. The van der Waals surface area contributed by atoms with E-state index in [9.17, 15) is 0 Å². The Morgan fingerprint density at radius 2 is 1.80 bits per heavy atom. The smallest absolute Gasteiger partial charge is 0.122 e. The van der Waals surface area contributed by atoms with Crippen molar-refractivity contribution >= 4 is 5.84 Å². The highest BCUT2D eigenvalue weighted by Crippen LogP contribution is 2.34. The van der Waals surface area contributed by atoms with E-state index in [1.807, 2.05) is 12.1 Å². The largest absolute Gasteiger partial charge is 0.384 e. The fraction of sp³-hybridized carbons (Fsp3) is 0.588. The number of nitrogen functional groups attached to an aromatic ring is 1. The zero-order valence-corrected chi connectivity index (χ0v) is 12.4. The molecular weight excluding hydrogens is 246 g/mol. The summed E-state index contributed by atoms with van der Waals surface area (Å²) < 4.78 is 0. The molecule has 0 bridgehead atoms. The van der Waals surface area contributed by atoms with Crippen LogP contribution in [0.2, 0.25) is 0 Å². The van der Waals surface area contributed by atoms with Gasteiger partial charge in [-0.25, -0.2) is 0 Å². The van der Waals surface area contributed by atoms with Crippen LogP contribution >= 0.6 is 0 Å². The normalized spacial score (nSPS) is 18.5. The van der Waals surface area contributed by atoms with E-state index in [4.69, 9.17) is 11.1 Å². The number of benzene rings is 1. The molecular formula is C17H25N3. The molecule has 0 amide bonds. The monoisotopic (exact) mass is 271 g/mol. The molecule has 0 atom stereocenters. The summed E-state index contributed by atoms with van der Waals surface area (Å²) in [5.74, 6) is 2.06. The van der Waals surface area contributed by atoms with Crippen molar-refractivity contribution in [2.75, 3.05) is 13.1 Å². The van der Waals surface area contributed by atoms with E-state index in [1.165, 1.54) is 49.9 Å². The molecule has 0 saturated heterocycles. The second-order valence-corrected chi connectivity index (χ2v) is 6.64. The van der Waals surface area contributed by atoms with Gasteiger partial charge >= 0.3 is 0 Å². The first-order valence-electron chi connectivity index (χ1n) is 7.78. The van der Waals surface area contributed by atoms with Gasteiger partial charge in [-0.1, -0.05) is 12.1 Å². The van der Waals surface area contributed by atoms with Gasteiger partial charge in [0.1, 0.15) is 5.84 Å². The first-order chi connectivity index (χ1) is 9.61. The van der Waals surface area contributed by atoms with Crippen molar-refractivity contribution in [2.24, 2.45) is 17.6 Å². The summed E-state index contributed by atoms with van der Waals surface area (Å²) in [7, 11) is 0. The van der Waals surface area contributed by atoms with Gasteiger partial charge < -0.3 is 5.73 Å². The number of rotatable bonds is 7. The van der Waals surface area contributed by atoms with Crippen LogP contribution in [0.4, 0.5) is 0 Å². The first kappa shape index (κ1) is 13.6. The molecule has 20 heavy (non-hydrogen) atoms. The predicted molar refractivity (Wildman–Crippen MR) is 82.9 cm³/mol. The summed E-state index contributed by atoms with van der Waals surface area (Å²) in [4.78, 5) is 2.64. The van der Waals surface area contributed by atoms with Crippen LogP contribution in [0.25, 0.3) is 0 Å². The third kappa shape index (κ3) is 3.60. The molecule has 108 valence electrons. The summed E-state index contributed by atoms with van der Waals surface area (Å²) in [5.41, 5.74) is 9.03. The topological polar surface area (TPSA) is 53.1 Å². The molecule has 2 aliphatic rings. The van der Waals surface area contributed by atoms with Crippen LogP contribution in [0.15, 0.2) is 18.2 Å². The average molecular weight is 271 g/mol. The Morgan fingerprint density at radius 1 is 1.20 bits per heavy atom. The second kappa shape index (κ2) is 5.57. The van der Waals surface area contributed by atoms with Crippen molar-refractivity contribution in [3.63, 3.8) is 0 Å². The van der Waals surface area contributed by atoms with E-state index < -0.39 is 0 Å². The molecule has 3 nitrogen and oxygen atoms in total. The van der Waals surface area contributed by atoms with E-state index in [0.717, 1.165) is 23.9 Å². The van der Waals surface area contributed by atoms with Gasteiger partial charge in [-0.2, -0.15) is 0 Å². The van der Waals surface area contributed by atoms with Crippen molar-refractivity contribution in [3.05, 3.63) is 34.9 Å². The number of aryl methyl sites for hydroxylation is 1. The molecule has 0 heterocycles. The number of amidine groups is 1. The Kier molecular flexibility index (Phi) is 3.79. The molecule has 3 rings (SSSR count). The third-order valence-corrected chi connectivity index (χ3v) is 4.47. The summed E-state index contributed by atoms with van der Waals surface area (Å²) >= 11 is 0. The Hall–Kier alpha value is -1.35. The standard InChI is InChI=1S/C17H25N3/c1-12-8-15(17(18)19)6-7-16(12)11-20(9-13-2-3-13)10-14-4-5-14/h6-8,13-14H,2-5,9-11H2,1H3,(H3,18,19). The van der Waals surface area contributed by atoms with E-state index in [1.54, 1.807) is 0 Å². The van der Waals surface area contributed by atoms with Crippen molar-refractivity contribution in [3.8, 4) is 0 Å². The van der Waals surface area contributed by atoms with Gasteiger partial charge in [0.25, 0.3) is 0 Å². The van der Waals surface area contributed by atoms with Gasteiger partial charge in [0.15, 0.2) is 0 Å². The van der Waals surface area contributed by atoms with Crippen LogP contribution < -0.4 is 5.73 Å². The fourth-order valence-corrected chi connectivity index (χ4v) is 2.82. The minimum absolute atomic E-state index is 0.160. The molecule has 0 aromatic heterocycles. The van der Waals surface area contributed by atoms with E-state index in [-0.39, 0.29) is 5.84 Å². The lowest BCUT2D eigenvalue weighted by molar-refractivity contribution is 0.244. The average Bonchev–Trinajstić information content (AvgIpc) is 3.27. The predicted octanol–water partition coefficient (Wildman–Crippen LogP) is 2.90. The molecule has 3 N–H and O–H groups in total. The Bertz CT molecular complexity index is 487. The highest BCUT2D eigenvalue weighted by Gasteiger charge is 2.29. The van der Waals surface area contributed by atoms with Gasteiger partial charge in [-0.15, -0.1) is 0 Å². The minimum atomic E-state index is 0.160. The van der Waals surface area contributed by atoms with Gasteiger partial charge in [-0.05, 0) is 61.6 Å². The molecule has 1 aromatic carbocycles. The number of nitrogens with one attached hydrogen (secondary N) is 1. The maximum atomic E-state index is 7.51. The van der Waals surface area contributed by atoms with Crippen molar-refractivity contribution in [2.45, 2.75) is 39.2 Å². The van der Waals surface area contributed by atoms with E-state index in [2.05, 4.69) is 17.9 Å². The van der Waals surface area contributed by atoms with E-state index >= 15 is 0 Å². The molecule has 2 aliphatic carbocycles. The second-order valence-electron chi connectivity index (χ2n) is 6.64. The lowest BCUT2D eigenvalue weighted by Crippen LogP contribution is -2.28. The van der Waals surface area contributed by atoms with Gasteiger partial charge in [0.2, 0.25) is 0 Å². The number of nitrogens with two attached hydrogens (primary N) is 1. The highest BCUT2D eigenvalue weighted by molar-refractivity contribution is 5.95. The summed E-state index contributed by atoms with van der Waals surface area (Å²) in [6.45, 7) is 5.72. The van der Waals surface area contributed by atoms with Crippen LogP contribution in [0.5, 0.6) is 0 Å². The summed E-state index contributed by atoms with van der Waals surface area (Å²) in [5, 5.41) is 7.51. The Morgan fingerprint density at radius 3 is 2.25 bits per heavy atom. The Labute approximate surface area is 121 Å². The SMILES string of the molecule is Cc1cc(C(=N)N)ccc1CN(CC1CC1)CC1CC1. The molecule has 1 aromatic rings. The minimum Gasteiger partial charge on any atom is -0.384 e. The maximum absolute atomic E-state index is 7.51. The molecule has 3 heteroatoms. The van der Waals surface area contributed by atoms with E-state index in [0.29, 0.717) is 0 Å². The summed E-state index contributed by atoms with van der Waals surface area (Å²) in [6.07, 6.45) is 5.68. The van der Waals surface area contributed by atoms with Crippen molar-refractivity contribution < 1.29 is 0 Å². The van der Waals surface area contributed by atoms with Crippen LogP contribution in [-0.4, -0.2) is 23.8 Å². The molecule has 0 unspecified atom stereocenters.